The van der Waals surface area contributed by atoms with E-state index in [1.807, 2.05) is 13.0 Å². The van der Waals surface area contributed by atoms with E-state index in [9.17, 15) is 9.59 Å². The Morgan fingerprint density at radius 1 is 1.20 bits per heavy atom. The molecule has 0 bridgehead atoms. The van der Waals surface area contributed by atoms with Gasteiger partial charge in [0, 0.05) is 16.6 Å². The van der Waals surface area contributed by atoms with Crippen LogP contribution in [0.2, 0.25) is 0 Å². The second-order valence-corrected chi connectivity index (χ2v) is 5.51. The fourth-order valence-electron chi connectivity index (χ4n) is 1.57. The minimum absolute atomic E-state index is 0.0436. The summed E-state index contributed by atoms with van der Waals surface area (Å²) in [6.07, 6.45) is 1.77. The first-order chi connectivity index (χ1) is 9.65. The zero-order valence-electron chi connectivity index (χ0n) is 11.1. The molecule has 1 aromatic carbocycles. The highest BCUT2D eigenvalue weighted by Gasteiger charge is 2.07. The van der Waals surface area contributed by atoms with Crippen molar-refractivity contribution in [1.82, 2.24) is 15.6 Å². The van der Waals surface area contributed by atoms with Crippen LogP contribution in [0.15, 0.2) is 36.5 Å². The molecular weight excluding hydrogens is 274 g/mol. The lowest BCUT2D eigenvalue weighted by atomic mass is 10.2. The average molecular weight is 289 g/mol. The first-order valence-electron chi connectivity index (χ1n) is 6.16. The van der Waals surface area contributed by atoms with Crippen LogP contribution in [0.4, 0.5) is 0 Å². The van der Waals surface area contributed by atoms with Crippen LogP contribution in [0.5, 0.6) is 0 Å². The molecule has 1 aromatic heterocycles. The molecule has 0 spiro atoms. The number of carbonyl (C=O) groups excluding carboxylic acids is 2. The predicted octanol–water partition coefficient (Wildman–Crippen LogP) is 1.50. The summed E-state index contributed by atoms with van der Waals surface area (Å²) in [5.41, 5.74) is 0.538. The predicted molar refractivity (Wildman–Crippen MR) is 77.5 cm³/mol. The Hall–Kier alpha value is -2.21. The average Bonchev–Trinajstić information content (AvgIpc) is 2.89. The first kappa shape index (κ1) is 14.2. The molecule has 2 aromatic rings. The van der Waals surface area contributed by atoms with Crippen LogP contribution in [0.25, 0.3) is 0 Å². The molecule has 2 rings (SSSR count). The number of aryl methyl sites for hydroxylation is 1. The molecule has 2 amide bonds. The summed E-state index contributed by atoms with van der Waals surface area (Å²) in [4.78, 5) is 28.6. The lowest BCUT2D eigenvalue weighted by molar-refractivity contribution is -0.120. The monoisotopic (exact) mass is 289 g/mol. The van der Waals surface area contributed by atoms with Crippen molar-refractivity contribution in [3.63, 3.8) is 0 Å². The number of aromatic nitrogens is 1. The Bertz CT molecular complexity index is 595. The van der Waals surface area contributed by atoms with Crippen LogP contribution >= 0.6 is 11.3 Å². The van der Waals surface area contributed by atoms with Crippen LogP contribution in [0.3, 0.4) is 0 Å². The molecule has 0 atom stereocenters. The van der Waals surface area contributed by atoms with Crippen LogP contribution in [-0.2, 0) is 11.3 Å². The number of rotatable bonds is 5. The summed E-state index contributed by atoms with van der Waals surface area (Å²) in [6.45, 7) is 2.31. The lowest BCUT2D eigenvalue weighted by Gasteiger charge is -2.05. The smallest absolute Gasteiger partial charge is 0.251 e. The number of carbonyl (C=O) groups is 2. The SMILES string of the molecule is Cc1cnc(CNC(=O)CNC(=O)c2ccccc2)s1. The molecule has 0 fully saturated rings. The number of hydrogen-bond donors (Lipinski definition) is 2. The van der Waals surface area contributed by atoms with Crippen molar-refractivity contribution in [2.24, 2.45) is 0 Å². The van der Waals surface area contributed by atoms with Gasteiger partial charge >= 0.3 is 0 Å². The van der Waals surface area contributed by atoms with Gasteiger partial charge in [0.15, 0.2) is 0 Å². The van der Waals surface area contributed by atoms with Crippen molar-refractivity contribution in [3.8, 4) is 0 Å². The molecule has 0 saturated heterocycles. The van der Waals surface area contributed by atoms with Crippen molar-refractivity contribution in [2.75, 3.05) is 6.54 Å². The van der Waals surface area contributed by atoms with Crippen molar-refractivity contribution < 1.29 is 9.59 Å². The van der Waals surface area contributed by atoms with Crippen LogP contribution < -0.4 is 10.6 Å². The maximum absolute atomic E-state index is 11.7. The molecule has 0 aliphatic rings. The van der Waals surface area contributed by atoms with E-state index >= 15 is 0 Å². The van der Waals surface area contributed by atoms with Gasteiger partial charge in [-0.1, -0.05) is 18.2 Å². The van der Waals surface area contributed by atoms with Gasteiger partial charge in [0.1, 0.15) is 5.01 Å². The Morgan fingerprint density at radius 2 is 1.95 bits per heavy atom. The van der Waals surface area contributed by atoms with Crippen molar-refractivity contribution in [2.45, 2.75) is 13.5 Å². The number of benzene rings is 1. The van der Waals surface area contributed by atoms with Gasteiger partial charge in [0.05, 0.1) is 13.1 Å². The zero-order valence-corrected chi connectivity index (χ0v) is 11.9. The highest BCUT2D eigenvalue weighted by molar-refractivity contribution is 7.11. The molecule has 1 heterocycles. The first-order valence-corrected chi connectivity index (χ1v) is 6.98. The van der Waals surface area contributed by atoms with Gasteiger partial charge in [-0.25, -0.2) is 4.98 Å². The van der Waals surface area contributed by atoms with Crippen molar-refractivity contribution >= 4 is 23.2 Å². The molecule has 6 heteroatoms. The van der Waals surface area contributed by atoms with Crippen LogP contribution in [-0.4, -0.2) is 23.3 Å². The van der Waals surface area contributed by atoms with E-state index in [1.54, 1.807) is 30.5 Å². The van der Waals surface area contributed by atoms with Crippen molar-refractivity contribution in [1.29, 1.82) is 0 Å². The third-order valence-corrected chi connectivity index (χ3v) is 3.46. The molecule has 104 valence electrons. The quantitative estimate of drug-likeness (QED) is 0.876. The van der Waals surface area contributed by atoms with E-state index in [0.29, 0.717) is 12.1 Å². The molecule has 0 saturated carbocycles. The molecular formula is C14H15N3O2S. The normalized spacial score (nSPS) is 10.1. The van der Waals surface area contributed by atoms with E-state index in [1.165, 1.54) is 11.3 Å². The third kappa shape index (κ3) is 4.17. The molecule has 0 unspecified atom stereocenters. The Balaban J connectivity index is 1.74. The van der Waals surface area contributed by atoms with Gasteiger partial charge in [-0.05, 0) is 19.1 Å². The zero-order chi connectivity index (χ0) is 14.4. The highest BCUT2D eigenvalue weighted by Crippen LogP contribution is 2.10. The highest BCUT2D eigenvalue weighted by atomic mass is 32.1. The van der Waals surface area contributed by atoms with Crippen LogP contribution in [0.1, 0.15) is 20.2 Å². The number of nitrogens with one attached hydrogen (secondary N) is 2. The van der Waals surface area contributed by atoms with Gasteiger partial charge in [0.25, 0.3) is 5.91 Å². The summed E-state index contributed by atoms with van der Waals surface area (Å²) in [5.74, 6) is -0.493. The largest absolute Gasteiger partial charge is 0.348 e. The Kier molecular flexibility index (Phi) is 4.84. The molecule has 5 nitrogen and oxygen atoms in total. The minimum atomic E-state index is -0.258. The minimum Gasteiger partial charge on any atom is -0.348 e. The Morgan fingerprint density at radius 3 is 2.60 bits per heavy atom. The summed E-state index contributed by atoms with van der Waals surface area (Å²) in [7, 11) is 0. The second-order valence-electron chi connectivity index (χ2n) is 4.19. The van der Waals surface area contributed by atoms with E-state index < -0.39 is 0 Å². The fourth-order valence-corrected chi connectivity index (χ4v) is 2.30. The Labute approximate surface area is 121 Å². The second kappa shape index (κ2) is 6.81. The summed E-state index contributed by atoms with van der Waals surface area (Å²) in [5, 5.41) is 6.14. The maximum atomic E-state index is 11.7. The third-order valence-electron chi connectivity index (χ3n) is 2.55. The standard InChI is InChI=1S/C14H15N3O2S/c1-10-7-16-13(20-10)9-15-12(18)8-17-14(19)11-5-3-2-4-6-11/h2-7H,8-9H2,1H3,(H,15,18)(H,17,19). The number of nitrogens with zero attached hydrogens (tertiary/aromatic N) is 1. The summed E-state index contributed by atoms with van der Waals surface area (Å²) >= 11 is 1.54. The van der Waals surface area contributed by atoms with Crippen LogP contribution in [0, 0.1) is 6.92 Å². The maximum Gasteiger partial charge on any atom is 0.251 e. The summed E-state index contributed by atoms with van der Waals surface area (Å²) < 4.78 is 0. The van der Waals surface area contributed by atoms with E-state index in [2.05, 4.69) is 15.6 Å². The molecule has 0 aliphatic heterocycles. The lowest BCUT2D eigenvalue weighted by Crippen LogP contribution is -2.36. The van der Waals surface area contributed by atoms with E-state index in [4.69, 9.17) is 0 Å². The van der Waals surface area contributed by atoms with Gasteiger partial charge < -0.3 is 10.6 Å². The number of amides is 2. The topological polar surface area (TPSA) is 71.1 Å². The van der Waals surface area contributed by atoms with Crippen molar-refractivity contribution in [3.05, 3.63) is 52.0 Å². The molecule has 2 N–H and O–H groups in total. The number of thiazole rings is 1. The number of hydrogen-bond acceptors (Lipinski definition) is 4. The van der Waals surface area contributed by atoms with Gasteiger partial charge in [-0.2, -0.15) is 0 Å². The molecule has 20 heavy (non-hydrogen) atoms. The van der Waals surface area contributed by atoms with Gasteiger partial charge in [-0.15, -0.1) is 11.3 Å². The van der Waals surface area contributed by atoms with E-state index in [-0.39, 0.29) is 18.4 Å². The van der Waals surface area contributed by atoms with E-state index in [0.717, 1.165) is 9.88 Å². The molecule has 0 radical (unpaired) electrons. The summed E-state index contributed by atoms with van der Waals surface area (Å²) in [6, 6.07) is 8.79. The fraction of sp³-hybridized carbons (Fsp3) is 0.214. The van der Waals surface area contributed by atoms with Gasteiger partial charge in [0.2, 0.25) is 5.91 Å². The van der Waals surface area contributed by atoms with Gasteiger partial charge in [-0.3, -0.25) is 9.59 Å². The molecule has 0 aliphatic carbocycles.